The number of nitrogens with two attached hydrogens (primary N) is 2. The molecule has 86 valence electrons. The van der Waals surface area contributed by atoms with Crippen LogP contribution < -0.4 is 11.5 Å². The zero-order valence-electron chi connectivity index (χ0n) is 8.05. The van der Waals surface area contributed by atoms with Gasteiger partial charge in [-0.1, -0.05) is 0 Å². The van der Waals surface area contributed by atoms with Crippen LogP contribution in [0.4, 0.5) is 0 Å². The molecule has 0 aliphatic heterocycles. The molecule has 6 N–H and O–H groups in total. The number of carboxylic acids is 2. The van der Waals surface area contributed by atoms with Gasteiger partial charge < -0.3 is 21.7 Å². The summed E-state index contributed by atoms with van der Waals surface area (Å²) in [6, 6.07) is -1.25. The van der Waals surface area contributed by atoms with Crippen LogP contribution in [0.3, 0.4) is 0 Å². The predicted octanol–water partition coefficient (Wildman–Crippen LogP) is -1.59. The molecule has 0 rings (SSSR count). The van der Waals surface area contributed by atoms with Gasteiger partial charge >= 0.3 is 11.9 Å². The summed E-state index contributed by atoms with van der Waals surface area (Å²) in [5.74, 6) is -4.84. The number of aliphatic carboxylic acids is 2. The highest BCUT2D eigenvalue weighted by atomic mass is 16.4. The van der Waals surface area contributed by atoms with Gasteiger partial charge in [0.05, 0.1) is 0 Å². The zero-order chi connectivity index (χ0) is 12.0. The SMILES string of the molecule is NCCC(C[C@H](N)C(=O)O)C(=O)C(=O)O. The quantitative estimate of drug-likeness (QED) is 0.377. The molecule has 0 radical (unpaired) electrons. The van der Waals surface area contributed by atoms with Crippen LogP contribution in [-0.4, -0.2) is 40.5 Å². The van der Waals surface area contributed by atoms with Gasteiger partial charge in [-0.3, -0.25) is 9.59 Å². The Bertz CT molecular complexity index is 266. The van der Waals surface area contributed by atoms with Crippen molar-refractivity contribution in [1.82, 2.24) is 0 Å². The summed E-state index contributed by atoms with van der Waals surface area (Å²) in [4.78, 5) is 31.9. The van der Waals surface area contributed by atoms with E-state index in [2.05, 4.69) is 0 Å². The zero-order valence-corrected chi connectivity index (χ0v) is 8.05. The molecule has 7 heteroatoms. The van der Waals surface area contributed by atoms with Crippen LogP contribution in [0.2, 0.25) is 0 Å². The summed E-state index contributed by atoms with van der Waals surface area (Å²) in [5.41, 5.74) is 10.4. The van der Waals surface area contributed by atoms with E-state index < -0.39 is 29.7 Å². The molecular formula is C8H14N2O5. The smallest absolute Gasteiger partial charge is 0.372 e. The van der Waals surface area contributed by atoms with Gasteiger partial charge in [-0.25, -0.2) is 4.79 Å². The van der Waals surface area contributed by atoms with Gasteiger partial charge in [-0.2, -0.15) is 0 Å². The van der Waals surface area contributed by atoms with Crippen molar-refractivity contribution in [2.75, 3.05) is 6.54 Å². The van der Waals surface area contributed by atoms with E-state index in [9.17, 15) is 14.4 Å². The average molecular weight is 218 g/mol. The maximum atomic E-state index is 11.1. The number of Topliss-reactive ketones (excluding diaryl/α,β-unsaturated/α-hetero) is 1. The molecule has 7 nitrogen and oxygen atoms in total. The van der Waals surface area contributed by atoms with E-state index in [-0.39, 0.29) is 19.4 Å². The second-order valence-electron chi connectivity index (χ2n) is 3.12. The molecule has 1 unspecified atom stereocenters. The fourth-order valence-corrected chi connectivity index (χ4v) is 1.14. The van der Waals surface area contributed by atoms with Crippen molar-refractivity contribution in [2.45, 2.75) is 18.9 Å². The molecule has 0 saturated heterocycles. The normalized spacial score (nSPS) is 14.3. The Morgan fingerprint density at radius 3 is 2.07 bits per heavy atom. The first kappa shape index (κ1) is 13.5. The fourth-order valence-electron chi connectivity index (χ4n) is 1.14. The number of carboxylic acid groups (broad SMARTS) is 2. The van der Waals surface area contributed by atoms with Crippen molar-refractivity contribution in [3.63, 3.8) is 0 Å². The third kappa shape index (κ3) is 4.52. The van der Waals surface area contributed by atoms with Crippen LogP contribution in [0.5, 0.6) is 0 Å². The average Bonchev–Trinajstić information content (AvgIpc) is 2.15. The van der Waals surface area contributed by atoms with E-state index in [4.69, 9.17) is 21.7 Å². The summed E-state index contributed by atoms with van der Waals surface area (Å²) in [6.45, 7) is 0.107. The van der Waals surface area contributed by atoms with Crippen molar-refractivity contribution >= 4 is 17.7 Å². The summed E-state index contributed by atoms with van der Waals surface area (Å²) in [6.07, 6.45) is -0.0935. The molecule has 0 bridgehead atoms. The number of ketones is 1. The van der Waals surface area contributed by atoms with Crippen molar-refractivity contribution in [3.05, 3.63) is 0 Å². The van der Waals surface area contributed by atoms with Crippen molar-refractivity contribution < 1.29 is 24.6 Å². The van der Waals surface area contributed by atoms with Crippen LogP contribution in [0.1, 0.15) is 12.8 Å². The predicted molar refractivity (Wildman–Crippen MR) is 50.0 cm³/mol. The Morgan fingerprint density at radius 2 is 1.73 bits per heavy atom. The molecule has 0 aliphatic carbocycles. The van der Waals surface area contributed by atoms with E-state index in [1.807, 2.05) is 0 Å². The van der Waals surface area contributed by atoms with Crippen LogP contribution in [0.25, 0.3) is 0 Å². The summed E-state index contributed by atoms with van der Waals surface area (Å²) in [7, 11) is 0. The number of rotatable bonds is 7. The summed E-state index contributed by atoms with van der Waals surface area (Å²) >= 11 is 0. The first-order chi connectivity index (χ1) is 6.90. The number of carbonyl (C=O) groups excluding carboxylic acids is 1. The van der Waals surface area contributed by atoms with Crippen molar-refractivity contribution in [3.8, 4) is 0 Å². The molecule has 0 aliphatic rings. The lowest BCUT2D eigenvalue weighted by Gasteiger charge is -2.14. The molecular weight excluding hydrogens is 204 g/mol. The molecule has 0 saturated carbocycles. The minimum Gasteiger partial charge on any atom is -0.480 e. The van der Waals surface area contributed by atoms with E-state index in [1.165, 1.54) is 0 Å². The lowest BCUT2D eigenvalue weighted by Crippen LogP contribution is -2.37. The second kappa shape index (κ2) is 6.10. The van der Waals surface area contributed by atoms with Crippen LogP contribution in [0, 0.1) is 5.92 Å². The monoisotopic (exact) mass is 218 g/mol. The van der Waals surface area contributed by atoms with Gasteiger partial charge in [0.15, 0.2) is 0 Å². The lowest BCUT2D eigenvalue weighted by molar-refractivity contribution is -0.151. The van der Waals surface area contributed by atoms with Gasteiger partial charge in [0.2, 0.25) is 5.78 Å². The Labute approximate surface area is 86.0 Å². The third-order valence-corrected chi connectivity index (χ3v) is 1.95. The minimum absolute atomic E-state index is 0.107. The first-order valence-electron chi connectivity index (χ1n) is 4.35. The van der Waals surface area contributed by atoms with Crippen molar-refractivity contribution in [1.29, 1.82) is 0 Å². The van der Waals surface area contributed by atoms with Crippen LogP contribution in [-0.2, 0) is 14.4 Å². The highest BCUT2D eigenvalue weighted by Crippen LogP contribution is 2.11. The van der Waals surface area contributed by atoms with E-state index in [1.54, 1.807) is 0 Å². The number of carbonyl (C=O) groups is 3. The van der Waals surface area contributed by atoms with Gasteiger partial charge in [0.25, 0.3) is 0 Å². The molecule has 0 aromatic rings. The van der Waals surface area contributed by atoms with E-state index in [0.29, 0.717) is 0 Å². The molecule has 0 amide bonds. The molecule has 0 aromatic heterocycles. The first-order valence-corrected chi connectivity index (χ1v) is 4.35. The number of hydrogen-bond donors (Lipinski definition) is 4. The molecule has 0 heterocycles. The lowest BCUT2D eigenvalue weighted by atomic mass is 9.92. The third-order valence-electron chi connectivity index (χ3n) is 1.95. The highest BCUT2D eigenvalue weighted by Gasteiger charge is 2.28. The molecule has 0 spiro atoms. The van der Waals surface area contributed by atoms with Gasteiger partial charge in [-0.15, -0.1) is 0 Å². The van der Waals surface area contributed by atoms with E-state index >= 15 is 0 Å². The summed E-state index contributed by atoms with van der Waals surface area (Å²) < 4.78 is 0. The minimum atomic E-state index is -1.59. The Morgan fingerprint density at radius 1 is 1.20 bits per heavy atom. The maximum Gasteiger partial charge on any atom is 0.372 e. The molecule has 0 aromatic carbocycles. The van der Waals surface area contributed by atoms with Crippen molar-refractivity contribution in [2.24, 2.45) is 17.4 Å². The maximum absolute atomic E-state index is 11.1. The van der Waals surface area contributed by atoms with Crippen LogP contribution in [0.15, 0.2) is 0 Å². The Balaban J connectivity index is 4.46. The Hall–Kier alpha value is -1.47. The Kier molecular flexibility index (Phi) is 5.50. The second-order valence-corrected chi connectivity index (χ2v) is 3.12. The largest absolute Gasteiger partial charge is 0.480 e. The fraction of sp³-hybridized carbons (Fsp3) is 0.625. The van der Waals surface area contributed by atoms with Gasteiger partial charge in [0, 0.05) is 5.92 Å². The highest BCUT2D eigenvalue weighted by molar-refractivity contribution is 6.33. The van der Waals surface area contributed by atoms with Gasteiger partial charge in [-0.05, 0) is 19.4 Å². The summed E-state index contributed by atoms with van der Waals surface area (Å²) in [5, 5.41) is 17.0. The topological polar surface area (TPSA) is 144 Å². The van der Waals surface area contributed by atoms with Gasteiger partial charge in [0.1, 0.15) is 6.04 Å². The molecule has 15 heavy (non-hydrogen) atoms. The molecule has 0 fully saturated rings. The number of hydrogen-bond acceptors (Lipinski definition) is 5. The molecule has 2 atom stereocenters. The van der Waals surface area contributed by atoms with E-state index in [0.717, 1.165) is 0 Å². The standard InChI is InChI=1S/C8H14N2O5/c9-2-1-4(6(11)8(14)15)3-5(10)7(12)13/h4-5H,1-3,9-10H2,(H,12,13)(H,14,15)/t4?,5-/m0/s1. The van der Waals surface area contributed by atoms with Crippen LogP contribution >= 0.6 is 0 Å².